The maximum atomic E-state index is 11.9. The van der Waals surface area contributed by atoms with Crippen molar-refractivity contribution >= 4 is 46.8 Å². The van der Waals surface area contributed by atoms with Crippen molar-refractivity contribution in [3.8, 4) is 0 Å². The molecule has 2 aromatic rings. The minimum absolute atomic E-state index is 0.137. The molecule has 0 spiro atoms. The first kappa shape index (κ1) is 17.4. The van der Waals surface area contributed by atoms with Crippen molar-refractivity contribution in [3.05, 3.63) is 36.1 Å². The third kappa shape index (κ3) is 5.65. The number of para-hydroxylation sites is 1. The van der Waals surface area contributed by atoms with Crippen molar-refractivity contribution in [3.63, 3.8) is 0 Å². The molecule has 0 aliphatic carbocycles. The number of nitrogens with zero attached hydrogens (tertiary/aromatic N) is 1. The van der Waals surface area contributed by atoms with E-state index in [0.717, 1.165) is 10.6 Å². The fourth-order valence-corrected chi connectivity index (χ4v) is 2.95. The molecule has 0 aliphatic heterocycles. The van der Waals surface area contributed by atoms with Crippen LogP contribution in [0.25, 0.3) is 0 Å². The van der Waals surface area contributed by atoms with Crippen LogP contribution in [-0.4, -0.2) is 34.7 Å². The van der Waals surface area contributed by atoms with Gasteiger partial charge in [0.2, 0.25) is 11.8 Å². The van der Waals surface area contributed by atoms with Crippen LogP contribution in [0.3, 0.4) is 0 Å². The summed E-state index contributed by atoms with van der Waals surface area (Å²) in [5.74, 6) is 1.02. The second-order valence-corrected chi connectivity index (χ2v) is 6.45. The Bertz CT molecular complexity index is 688. The van der Waals surface area contributed by atoms with Crippen LogP contribution in [0.5, 0.6) is 0 Å². The predicted molar refractivity (Wildman–Crippen MR) is 94.0 cm³/mol. The highest BCUT2D eigenvalue weighted by Crippen LogP contribution is 2.24. The fourth-order valence-electron chi connectivity index (χ4n) is 1.77. The molecule has 0 fully saturated rings. The van der Waals surface area contributed by atoms with Crippen LogP contribution in [0.2, 0.25) is 0 Å². The van der Waals surface area contributed by atoms with E-state index in [-0.39, 0.29) is 23.3 Å². The van der Waals surface area contributed by atoms with Gasteiger partial charge in [0.1, 0.15) is 5.76 Å². The van der Waals surface area contributed by atoms with Crippen LogP contribution in [0.1, 0.15) is 5.76 Å². The molecule has 2 N–H and O–H groups in total. The van der Waals surface area contributed by atoms with E-state index in [1.807, 2.05) is 30.5 Å². The summed E-state index contributed by atoms with van der Waals surface area (Å²) >= 11 is 2.81. The van der Waals surface area contributed by atoms with Gasteiger partial charge in [0, 0.05) is 11.0 Å². The second-order valence-electron chi connectivity index (χ2n) is 4.61. The highest BCUT2D eigenvalue weighted by molar-refractivity contribution is 8.00. The summed E-state index contributed by atoms with van der Waals surface area (Å²) in [6.45, 7) is 1.74. The van der Waals surface area contributed by atoms with Gasteiger partial charge in [-0.3, -0.25) is 9.59 Å². The van der Waals surface area contributed by atoms with E-state index in [9.17, 15) is 9.59 Å². The number of carbonyl (C=O) groups is 2. The third-order valence-corrected chi connectivity index (χ3v) is 4.47. The molecule has 2 amide bonds. The monoisotopic (exact) mass is 351 g/mol. The first-order chi connectivity index (χ1) is 11.1. The average Bonchev–Trinajstić information content (AvgIpc) is 2.92. The van der Waals surface area contributed by atoms with Crippen LogP contribution in [-0.2, 0) is 9.59 Å². The Labute approximate surface area is 142 Å². The Balaban J connectivity index is 1.73. The van der Waals surface area contributed by atoms with Crippen LogP contribution in [0, 0.1) is 6.92 Å². The molecule has 0 unspecified atom stereocenters. The zero-order valence-corrected chi connectivity index (χ0v) is 14.4. The molecule has 1 aromatic carbocycles. The fraction of sp³-hybridized carbons (Fsp3) is 0.267. The van der Waals surface area contributed by atoms with Crippen molar-refractivity contribution in [2.75, 3.05) is 28.4 Å². The van der Waals surface area contributed by atoms with Crippen LogP contribution < -0.4 is 10.6 Å². The van der Waals surface area contributed by atoms with E-state index in [1.165, 1.54) is 11.8 Å². The molecule has 1 heterocycles. The Morgan fingerprint density at radius 1 is 1.17 bits per heavy atom. The van der Waals surface area contributed by atoms with Crippen molar-refractivity contribution in [2.24, 2.45) is 0 Å². The summed E-state index contributed by atoms with van der Waals surface area (Å²) in [4.78, 5) is 24.6. The molecule has 122 valence electrons. The lowest BCUT2D eigenvalue weighted by atomic mass is 10.3. The number of anilines is 2. The number of aromatic nitrogens is 1. The molecule has 0 saturated heterocycles. The number of carbonyl (C=O) groups excluding carboxylic acids is 2. The van der Waals surface area contributed by atoms with E-state index >= 15 is 0 Å². The van der Waals surface area contributed by atoms with E-state index in [4.69, 9.17) is 4.52 Å². The SMILES string of the molecule is CSc1ccccc1NC(=O)CSCC(=O)Nc1cc(C)on1. The lowest BCUT2D eigenvalue weighted by Gasteiger charge is -2.08. The van der Waals surface area contributed by atoms with E-state index in [1.54, 1.807) is 24.8 Å². The molecule has 0 aliphatic rings. The van der Waals surface area contributed by atoms with Crippen LogP contribution in [0.15, 0.2) is 39.8 Å². The predicted octanol–water partition coefficient (Wildman–Crippen LogP) is 3.02. The minimum Gasteiger partial charge on any atom is -0.360 e. The Morgan fingerprint density at radius 2 is 1.87 bits per heavy atom. The van der Waals surface area contributed by atoms with Gasteiger partial charge >= 0.3 is 0 Å². The summed E-state index contributed by atoms with van der Waals surface area (Å²) in [6, 6.07) is 9.23. The number of hydrogen-bond donors (Lipinski definition) is 2. The van der Waals surface area contributed by atoms with E-state index < -0.39 is 0 Å². The molecule has 0 radical (unpaired) electrons. The lowest BCUT2D eigenvalue weighted by Crippen LogP contribution is -2.18. The van der Waals surface area contributed by atoms with Gasteiger partial charge in [-0.25, -0.2) is 0 Å². The minimum atomic E-state index is -0.222. The summed E-state index contributed by atoms with van der Waals surface area (Å²) in [5.41, 5.74) is 0.785. The maximum absolute atomic E-state index is 11.9. The molecular formula is C15H17N3O3S2. The number of nitrogens with one attached hydrogen (secondary N) is 2. The van der Waals surface area contributed by atoms with Gasteiger partial charge in [0.15, 0.2) is 5.82 Å². The first-order valence-corrected chi connectivity index (χ1v) is 9.20. The van der Waals surface area contributed by atoms with Gasteiger partial charge in [-0.05, 0) is 25.3 Å². The van der Waals surface area contributed by atoms with Gasteiger partial charge < -0.3 is 15.2 Å². The molecule has 8 heteroatoms. The van der Waals surface area contributed by atoms with Gasteiger partial charge in [-0.1, -0.05) is 17.3 Å². The molecule has 2 rings (SSSR count). The number of benzene rings is 1. The molecule has 0 bridgehead atoms. The smallest absolute Gasteiger partial charge is 0.235 e. The van der Waals surface area contributed by atoms with E-state index in [2.05, 4.69) is 15.8 Å². The summed E-state index contributed by atoms with van der Waals surface area (Å²) in [6.07, 6.45) is 1.95. The number of hydrogen-bond acceptors (Lipinski definition) is 6. The Kier molecular flexibility index (Phi) is 6.54. The molecule has 0 atom stereocenters. The number of thioether (sulfide) groups is 2. The average molecular weight is 351 g/mol. The van der Waals surface area contributed by atoms with Crippen LogP contribution in [0.4, 0.5) is 11.5 Å². The van der Waals surface area contributed by atoms with Crippen molar-refractivity contribution in [1.29, 1.82) is 0 Å². The number of rotatable bonds is 7. The molecular weight excluding hydrogens is 334 g/mol. The van der Waals surface area contributed by atoms with Gasteiger partial charge in [-0.2, -0.15) is 0 Å². The highest BCUT2D eigenvalue weighted by Gasteiger charge is 2.09. The van der Waals surface area contributed by atoms with Crippen molar-refractivity contribution in [1.82, 2.24) is 5.16 Å². The van der Waals surface area contributed by atoms with E-state index in [0.29, 0.717) is 11.6 Å². The summed E-state index contributed by atoms with van der Waals surface area (Å²) in [7, 11) is 0. The quantitative estimate of drug-likeness (QED) is 0.746. The lowest BCUT2D eigenvalue weighted by molar-refractivity contribution is -0.114. The molecule has 1 aromatic heterocycles. The molecule has 23 heavy (non-hydrogen) atoms. The topological polar surface area (TPSA) is 84.2 Å². The Morgan fingerprint density at radius 3 is 2.52 bits per heavy atom. The Hall–Kier alpha value is -1.93. The standard InChI is InChI=1S/C15H17N3O3S2/c1-10-7-13(18-21-10)17-15(20)9-23-8-14(19)16-11-5-3-4-6-12(11)22-2/h3-7H,8-9H2,1-2H3,(H,16,19)(H,17,18,20). The van der Waals surface area contributed by atoms with Gasteiger partial charge in [-0.15, -0.1) is 23.5 Å². The van der Waals surface area contributed by atoms with Gasteiger partial charge in [0.05, 0.1) is 17.2 Å². The zero-order chi connectivity index (χ0) is 16.7. The first-order valence-electron chi connectivity index (χ1n) is 6.82. The normalized spacial score (nSPS) is 10.3. The third-order valence-electron chi connectivity index (χ3n) is 2.74. The van der Waals surface area contributed by atoms with Crippen LogP contribution >= 0.6 is 23.5 Å². The second kappa shape index (κ2) is 8.64. The highest BCUT2D eigenvalue weighted by atomic mass is 32.2. The summed E-state index contributed by atoms with van der Waals surface area (Å²) < 4.78 is 4.86. The largest absolute Gasteiger partial charge is 0.360 e. The van der Waals surface area contributed by atoms with Crippen molar-refractivity contribution in [2.45, 2.75) is 11.8 Å². The van der Waals surface area contributed by atoms with Gasteiger partial charge in [0.25, 0.3) is 0 Å². The number of aryl methyl sites for hydroxylation is 1. The zero-order valence-electron chi connectivity index (χ0n) is 12.8. The molecule has 6 nitrogen and oxygen atoms in total. The maximum Gasteiger partial charge on any atom is 0.235 e. The summed E-state index contributed by atoms with van der Waals surface area (Å²) in [5, 5.41) is 9.13. The molecule has 0 saturated carbocycles. The van der Waals surface area contributed by atoms with Crippen molar-refractivity contribution < 1.29 is 14.1 Å². The number of amides is 2.